The van der Waals surface area contributed by atoms with Gasteiger partial charge in [-0.2, -0.15) is 0 Å². The van der Waals surface area contributed by atoms with Crippen molar-refractivity contribution < 1.29 is 14.3 Å². The van der Waals surface area contributed by atoms with E-state index in [1.807, 2.05) is 29.2 Å². The Morgan fingerprint density at radius 3 is 2.83 bits per heavy atom. The number of nitrogens with one attached hydrogen (secondary N) is 1. The zero-order valence-electron chi connectivity index (χ0n) is 14.0. The fourth-order valence-corrected chi connectivity index (χ4v) is 3.10. The number of hydrogen-bond acceptors (Lipinski definition) is 3. The fourth-order valence-electron chi connectivity index (χ4n) is 3.10. The summed E-state index contributed by atoms with van der Waals surface area (Å²) >= 11 is 0. The van der Waals surface area contributed by atoms with Crippen LogP contribution in [0.4, 0.5) is 0 Å². The van der Waals surface area contributed by atoms with Crippen molar-refractivity contribution in [1.29, 1.82) is 0 Å². The molecule has 1 atom stereocenters. The fraction of sp³-hybridized carbons (Fsp3) is 0.556. The Kier molecular flexibility index (Phi) is 6.44. The van der Waals surface area contributed by atoms with Crippen molar-refractivity contribution in [1.82, 2.24) is 10.2 Å². The maximum Gasteiger partial charge on any atom is 0.224 e. The van der Waals surface area contributed by atoms with E-state index in [1.165, 1.54) is 0 Å². The van der Waals surface area contributed by atoms with Gasteiger partial charge in [-0.25, -0.2) is 0 Å². The van der Waals surface area contributed by atoms with Gasteiger partial charge in [0.05, 0.1) is 13.5 Å². The van der Waals surface area contributed by atoms with Crippen LogP contribution in [-0.2, 0) is 16.0 Å². The van der Waals surface area contributed by atoms with Gasteiger partial charge in [-0.15, -0.1) is 0 Å². The molecule has 0 aliphatic carbocycles. The first-order chi connectivity index (χ1) is 11.2. The van der Waals surface area contributed by atoms with Crippen LogP contribution >= 0.6 is 0 Å². The van der Waals surface area contributed by atoms with E-state index in [9.17, 15) is 9.59 Å². The Balaban J connectivity index is 1.78. The third-order valence-corrected chi connectivity index (χ3v) is 4.37. The van der Waals surface area contributed by atoms with Crippen LogP contribution in [0, 0.1) is 0 Å². The molecule has 0 unspecified atom stereocenters. The van der Waals surface area contributed by atoms with Crippen molar-refractivity contribution in [2.75, 3.05) is 20.2 Å². The van der Waals surface area contributed by atoms with Gasteiger partial charge in [-0.3, -0.25) is 9.59 Å². The van der Waals surface area contributed by atoms with Gasteiger partial charge in [0.15, 0.2) is 0 Å². The highest BCUT2D eigenvalue weighted by Gasteiger charge is 2.26. The van der Waals surface area contributed by atoms with Crippen LogP contribution in [0.5, 0.6) is 5.75 Å². The summed E-state index contributed by atoms with van der Waals surface area (Å²) in [5, 5.41) is 2.95. The number of para-hydroxylation sites is 1. The maximum absolute atomic E-state index is 12.1. The molecule has 1 aliphatic rings. The van der Waals surface area contributed by atoms with Crippen molar-refractivity contribution in [3.63, 3.8) is 0 Å². The number of hydrogen-bond donors (Lipinski definition) is 1. The predicted octanol–water partition coefficient (Wildman–Crippen LogP) is 2.15. The molecule has 1 aromatic carbocycles. The van der Waals surface area contributed by atoms with Crippen LogP contribution in [0.15, 0.2) is 24.3 Å². The van der Waals surface area contributed by atoms with E-state index in [4.69, 9.17) is 4.74 Å². The highest BCUT2D eigenvalue weighted by atomic mass is 16.5. The highest BCUT2D eigenvalue weighted by Crippen LogP contribution is 2.19. The van der Waals surface area contributed by atoms with E-state index in [0.29, 0.717) is 19.4 Å². The van der Waals surface area contributed by atoms with E-state index in [-0.39, 0.29) is 17.9 Å². The van der Waals surface area contributed by atoms with Gasteiger partial charge in [-0.05, 0) is 25.3 Å². The van der Waals surface area contributed by atoms with Gasteiger partial charge < -0.3 is 15.0 Å². The monoisotopic (exact) mass is 318 g/mol. The minimum Gasteiger partial charge on any atom is -0.496 e. The van der Waals surface area contributed by atoms with E-state index in [1.54, 1.807) is 7.11 Å². The van der Waals surface area contributed by atoms with Gasteiger partial charge in [0.1, 0.15) is 5.75 Å². The second-order valence-corrected chi connectivity index (χ2v) is 5.88. The van der Waals surface area contributed by atoms with E-state index < -0.39 is 0 Å². The van der Waals surface area contributed by atoms with Crippen LogP contribution < -0.4 is 10.1 Å². The first-order valence-electron chi connectivity index (χ1n) is 8.33. The third-order valence-electron chi connectivity index (χ3n) is 4.37. The van der Waals surface area contributed by atoms with Crippen molar-refractivity contribution >= 4 is 11.8 Å². The molecule has 1 saturated heterocycles. The summed E-state index contributed by atoms with van der Waals surface area (Å²) in [5.41, 5.74) is 0.884. The van der Waals surface area contributed by atoms with Crippen LogP contribution in [0.25, 0.3) is 0 Å². The van der Waals surface area contributed by atoms with Crippen LogP contribution in [0.1, 0.15) is 38.2 Å². The van der Waals surface area contributed by atoms with Gasteiger partial charge in [0.2, 0.25) is 11.8 Å². The Hall–Kier alpha value is -2.04. The summed E-state index contributed by atoms with van der Waals surface area (Å²) in [7, 11) is 1.61. The van der Waals surface area contributed by atoms with E-state index in [2.05, 4.69) is 12.2 Å². The molecule has 5 heteroatoms. The SMILES string of the molecule is CC[C@@H](CCNC(=O)Cc1ccccc1OC)N1CCCC1=O. The Morgan fingerprint density at radius 1 is 1.39 bits per heavy atom. The lowest BCUT2D eigenvalue weighted by atomic mass is 10.1. The average Bonchev–Trinajstić information content (AvgIpc) is 2.98. The molecule has 1 heterocycles. The molecule has 2 amide bonds. The zero-order chi connectivity index (χ0) is 16.7. The van der Waals surface area contributed by atoms with Gasteiger partial charge in [0.25, 0.3) is 0 Å². The summed E-state index contributed by atoms with van der Waals surface area (Å²) in [5.74, 6) is 0.964. The molecule has 0 spiro atoms. The van der Waals surface area contributed by atoms with E-state index in [0.717, 1.165) is 37.1 Å². The Bertz CT molecular complexity index is 545. The number of nitrogens with zero attached hydrogens (tertiary/aromatic N) is 1. The molecule has 0 radical (unpaired) electrons. The number of likely N-dealkylation sites (tertiary alicyclic amines) is 1. The number of ether oxygens (including phenoxy) is 1. The summed E-state index contributed by atoms with van der Waals surface area (Å²) in [4.78, 5) is 25.9. The summed E-state index contributed by atoms with van der Waals surface area (Å²) in [6, 6.07) is 7.78. The molecule has 5 nitrogen and oxygen atoms in total. The number of rotatable bonds is 8. The lowest BCUT2D eigenvalue weighted by Gasteiger charge is -2.26. The third kappa shape index (κ3) is 4.71. The van der Waals surface area contributed by atoms with Gasteiger partial charge in [0, 0.05) is 31.1 Å². The molecule has 1 aromatic rings. The number of amides is 2. The van der Waals surface area contributed by atoms with Crippen molar-refractivity contribution in [3.05, 3.63) is 29.8 Å². The summed E-state index contributed by atoms with van der Waals surface area (Å²) in [6.45, 7) is 3.54. The number of carbonyl (C=O) groups excluding carboxylic acids is 2. The molecule has 1 fully saturated rings. The molecule has 0 bridgehead atoms. The molecule has 1 N–H and O–H groups in total. The first kappa shape index (κ1) is 17.3. The smallest absolute Gasteiger partial charge is 0.224 e. The van der Waals surface area contributed by atoms with E-state index >= 15 is 0 Å². The molecule has 2 rings (SSSR count). The van der Waals surface area contributed by atoms with Crippen LogP contribution in [0.2, 0.25) is 0 Å². The first-order valence-corrected chi connectivity index (χ1v) is 8.33. The van der Waals surface area contributed by atoms with Crippen LogP contribution in [0.3, 0.4) is 0 Å². The Labute approximate surface area is 138 Å². The molecular weight excluding hydrogens is 292 g/mol. The standard InChI is InChI=1S/C18H26N2O3/c1-3-15(20-12-6-9-18(20)22)10-11-19-17(21)13-14-7-4-5-8-16(14)23-2/h4-5,7-8,15H,3,6,9-13H2,1-2H3,(H,19,21)/t15-/m0/s1. The normalized spacial score (nSPS) is 15.6. The Morgan fingerprint density at radius 2 is 2.17 bits per heavy atom. The highest BCUT2D eigenvalue weighted by molar-refractivity contribution is 5.79. The molecule has 0 aromatic heterocycles. The molecule has 0 saturated carbocycles. The molecule has 1 aliphatic heterocycles. The topological polar surface area (TPSA) is 58.6 Å². The minimum absolute atomic E-state index is 0.0166. The zero-order valence-corrected chi connectivity index (χ0v) is 14.0. The molecular formula is C18H26N2O3. The van der Waals surface area contributed by atoms with Crippen LogP contribution in [-0.4, -0.2) is 43.0 Å². The largest absolute Gasteiger partial charge is 0.496 e. The second kappa shape index (κ2) is 8.56. The average molecular weight is 318 g/mol. The predicted molar refractivity (Wildman–Crippen MR) is 89.4 cm³/mol. The van der Waals surface area contributed by atoms with Gasteiger partial charge >= 0.3 is 0 Å². The number of carbonyl (C=O) groups is 2. The molecule has 126 valence electrons. The minimum atomic E-state index is -0.0166. The second-order valence-electron chi connectivity index (χ2n) is 5.88. The van der Waals surface area contributed by atoms with Crippen molar-refractivity contribution in [3.8, 4) is 5.75 Å². The molecule has 23 heavy (non-hydrogen) atoms. The number of methoxy groups -OCH3 is 1. The van der Waals surface area contributed by atoms with Gasteiger partial charge in [-0.1, -0.05) is 25.1 Å². The van der Waals surface area contributed by atoms with Crippen molar-refractivity contribution in [2.24, 2.45) is 0 Å². The number of benzene rings is 1. The van der Waals surface area contributed by atoms with Crippen molar-refractivity contribution in [2.45, 2.75) is 45.1 Å². The lowest BCUT2D eigenvalue weighted by Crippen LogP contribution is -2.38. The quantitative estimate of drug-likeness (QED) is 0.799. The summed E-state index contributed by atoms with van der Waals surface area (Å²) < 4.78 is 5.26. The summed E-state index contributed by atoms with van der Waals surface area (Å²) in [6.07, 6.45) is 3.66. The lowest BCUT2D eigenvalue weighted by molar-refractivity contribution is -0.129. The maximum atomic E-state index is 12.1.